The lowest BCUT2D eigenvalue weighted by atomic mass is 10.0. The Morgan fingerprint density at radius 2 is 2.05 bits per heavy atom. The van der Waals surface area contributed by atoms with Gasteiger partial charge in [0.1, 0.15) is 0 Å². The highest BCUT2D eigenvalue weighted by Gasteiger charge is 2.15. The highest BCUT2D eigenvalue weighted by molar-refractivity contribution is 5.20. The largest absolute Gasteiger partial charge is 0.314 e. The fourth-order valence-electron chi connectivity index (χ4n) is 2.30. The summed E-state index contributed by atoms with van der Waals surface area (Å²) in [7, 11) is 1.86. The first-order valence-electron chi connectivity index (χ1n) is 6.75. The molecular weight excluding hydrogens is 260 g/mol. The highest BCUT2D eigenvalue weighted by Crippen LogP contribution is 2.15. The van der Waals surface area contributed by atoms with Crippen molar-refractivity contribution in [1.82, 2.24) is 15.1 Å². The summed E-state index contributed by atoms with van der Waals surface area (Å²) in [5.41, 5.74) is 1.34. The average Bonchev–Trinajstić information content (AvgIpc) is 2.81. The van der Waals surface area contributed by atoms with Crippen LogP contribution in [-0.2, 0) is 19.9 Å². The first-order chi connectivity index (χ1) is 9.60. The molecule has 0 radical (unpaired) electrons. The van der Waals surface area contributed by atoms with Crippen LogP contribution in [0.2, 0.25) is 0 Å². The topological polar surface area (TPSA) is 29.9 Å². The minimum absolute atomic E-state index is 0.0335. The Kier molecular flexibility index (Phi) is 4.84. The third kappa shape index (κ3) is 3.63. The zero-order valence-electron chi connectivity index (χ0n) is 11.7. The third-order valence-electron chi connectivity index (χ3n) is 3.22. The van der Waals surface area contributed by atoms with Gasteiger partial charge in [0.25, 0.3) is 0 Å². The predicted molar refractivity (Wildman–Crippen MR) is 74.4 cm³/mol. The number of likely N-dealkylation sites (N-methyl/N-ethyl adjacent to an activating group) is 1. The van der Waals surface area contributed by atoms with Crippen molar-refractivity contribution in [2.24, 2.45) is 7.05 Å². The van der Waals surface area contributed by atoms with Gasteiger partial charge in [-0.15, -0.1) is 0 Å². The van der Waals surface area contributed by atoms with E-state index in [0.717, 1.165) is 18.3 Å². The molecule has 1 atom stereocenters. The molecule has 1 aromatic carbocycles. The number of rotatable bonds is 6. The van der Waals surface area contributed by atoms with Crippen molar-refractivity contribution in [2.45, 2.75) is 25.8 Å². The smallest absolute Gasteiger partial charge is 0.162 e. The molecule has 0 spiro atoms. The SMILES string of the molecule is CCNC(Cc1ccn(C)n1)Cc1cccc(F)c1F. The van der Waals surface area contributed by atoms with Crippen molar-refractivity contribution in [3.05, 3.63) is 53.4 Å². The normalized spacial score (nSPS) is 12.6. The maximum atomic E-state index is 13.7. The molecule has 20 heavy (non-hydrogen) atoms. The zero-order valence-corrected chi connectivity index (χ0v) is 11.7. The van der Waals surface area contributed by atoms with Crippen molar-refractivity contribution in [1.29, 1.82) is 0 Å². The highest BCUT2D eigenvalue weighted by atomic mass is 19.2. The lowest BCUT2D eigenvalue weighted by molar-refractivity contribution is 0.471. The number of hydrogen-bond acceptors (Lipinski definition) is 2. The van der Waals surface area contributed by atoms with Gasteiger partial charge >= 0.3 is 0 Å². The summed E-state index contributed by atoms with van der Waals surface area (Å²) in [6.45, 7) is 2.77. The summed E-state index contributed by atoms with van der Waals surface area (Å²) in [4.78, 5) is 0. The van der Waals surface area contributed by atoms with Crippen LogP contribution in [0.15, 0.2) is 30.5 Å². The molecule has 5 heteroatoms. The molecule has 0 fully saturated rings. The van der Waals surface area contributed by atoms with Gasteiger partial charge in [-0.1, -0.05) is 19.1 Å². The van der Waals surface area contributed by atoms with Crippen LogP contribution in [0.3, 0.4) is 0 Å². The third-order valence-corrected chi connectivity index (χ3v) is 3.22. The second-order valence-electron chi connectivity index (χ2n) is 4.86. The summed E-state index contributed by atoms with van der Waals surface area (Å²) in [6.07, 6.45) is 3.00. The van der Waals surface area contributed by atoms with Gasteiger partial charge in [-0.2, -0.15) is 5.10 Å². The lowest BCUT2D eigenvalue weighted by Crippen LogP contribution is -2.33. The average molecular weight is 279 g/mol. The summed E-state index contributed by atoms with van der Waals surface area (Å²) in [5.74, 6) is -1.55. The van der Waals surface area contributed by atoms with Gasteiger partial charge in [0.2, 0.25) is 0 Å². The van der Waals surface area contributed by atoms with Crippen LogP contribution >= 0.6 is 0 Å². The first kappa shape index (κ1) is 14.7. The van der Waals surface area contributed by atoms with Crippen LogP contribution in [0.5, 0.6) is 0 Å². The van der Waals surface area contributed by atoms with Gasteiger partial charge in [-0.3, -0.25) is 4.68 Å². The molecule has 0 bridgehead atoms. The fourth-order valence-corrected chi connectivity index (χ4v) is 2.30. The number of nitrogens with zero attached hydrogens (tertiary/aromatic N) is 2. The standard InChI is InChI=1S/C15H19F2N3/c1-3-18-13(10-12-7-8-20(2)19-12)9-11-5-4-6-14(16)15(11)17/h4-8,13,18H,3,9-10H2,1-2H3. The van der Waals surface area contributed by atoms with Gasteiger partial charge in [-0.25, -0.2) is 8.78 Å². The summed E-state index contributed by atoms with van der Waals surface area (Å²) in [5, 5.41) is 7.62. The Morgan fingerprint density at radius 1 is 1.25 bits per heavy atom. The Labute approximate surface area is 117 Å². The molecule has 0 saturated carbocycles. The number of halogens is 2. The van der Waals surface area contributed by atoms with E-state index in [2.05, 4.69) is 10.4 Å². The second kappa shape index (κ2) is 6.61. The first-order valence-corrected chi connectivity index (χ1v) is 6.75. The van der Waals surface area contributed by atoms with E-state index in [1.165, 1.54) is 6.07 Å². The van der Waals surface area contributed by atoms with Crippen LogP contribution in [0, 0.1) is 11.6 Å². The molecule has 0 saturated heterocycles. The quantitative estimate of drug-likeness (QED) is 0.880. The van der Waals surface area contributed by atoms with Gasteiger partial charge in [-0.05, 0) is 30.7 Å². The molecule has 2 aromatic rings. The molecule has 1 aromatic heterocycles. The minimum Gasteiger partial charge on any atom is -0.314 e. The Morgan fingerprint density at radius 3 is 2.70 bits per heavy atom. The number of nitrogens with one attached hydrogen (secondary N) is 1. The molecule has 2 rings (SSSR count). The van der Waals surface area contributed by atoms with E-state index in [4.69, 9.17) is 0 Å². The van der Waals surface area contributed by atoms with Crippen LogP contribution in [0.4, 0.5) is 8.78 Å². The van der Waals surface area contributed by atoms with Crippen LogP contribution in [-0.4, -0.2) is 22.4 Å². The van der Waals surface area contributed by atoms with Gasteiger partial charge in [0.05, 0.1) is 5.69 Å². The summed E-state index contributed by atoms with van der Waals surface area (Å²) < 4.78 is 28.7. The monoisotopic (exact) mass is 279 g/mol. The van der Waals surface area contributed by atoms with Crippen molar-refractivity contribution in [2.75, 3.05) is 6.54 Å². The molecular formula is C15H19F2N3. The van der Waals surface area contributed by atoms with Crippen molar-refractivity contribution in [3.8, 4) is 0 Å². The van der Waals surface area contributed by atoms with E-state index in [-0.39, 0.29) is 6.04 Å². The van der Waals surface area contributed by atoms with E-state index in [1.807, 2.05) is 26.2 Å². The molecule has 0 aliphatic heterocycles. The molecule has 0 aliphatic carbocycles. The zero-order chi connectivity index (χ0) is 14.5. The maximum Gasteiger partial charge on any atom is 0.162 e. The number of benzene rings is 1. The van der Waals surface area contributed by atoms with Crippen LogP contribution < -0.4 is 5.32 Å². The Balaban J connectivity index is 2.10. The molecule has 0 amide bonds. The van der Waals surface area contributed by atoms with E-state index in [1.54, 1.807) is 10.7 Å². The fraction of sp³-hybridized carbons (Fsp3) is 0.400. The molecule has 1 N–H and O–H groups in total. The van der Waals surface area contributed by atoms with Crippen LogP contribution in [0.1, 0.15) is 18.2 Å². The molecule has 1 unspecified atom stereocenters. The number of aromatic nitrogens is 2. The molecule has 1 heterocycles. The maximum absolute atomic E-state index is 13.7. The predicted octanol–water partition coefficient (Wildman–Crippen LogP) is 2.46. The Hall–Kier alpha value is -1.75. The Bertz CT molecular complexity index is 566. The van der Waals surface area contributed by atoms with E-state index >= 15 is 0 Å². The van der Waals surface area contributed by atoms with Gasteiger partial charge in [0, 0.05) is 25.7 Å². The van der Waals surface area contributed by atoms with E-state index in [0.29, 0.717) is 18.4 Å². The molecule has 0 aliphatic rings. The lowest BCUT2D eigenvalue weighted by Gasteiger charge is -2.17. The van der Waals surface area contributed by atoms with E-state index in [9.17, 15) is 8.78 Å². The minimum atomic E-state index is -0.796. The van der Waals surface area contributed by atoms with Crippen molar-refractivity contribution in [3.63, 3.8) is 0 Å². The van der Waals surface area contributed by atoms with Crippen molar-refractivity contribution < 1.29 is 8.78 Å². The van der Waals surface area contributed by atoms with Crippen LogP contribution in [0.25, 0.3) is 0 Å². The summed E-state index contributed by atoms with van der Waals surface area (Å²) in [6, 6.07) is 6.27. The molecule has 3 nitrogen and oxygen atoms in total. The number of aryl methyl sites for hydroxylation is 1. The van der Waals surface area contributed by atoms with Gasteiger partial charge in [0.15, 0.2) is 11.6 Å². The second-order valence-corrected chi connectivity index (χ2v) is 4.86. The summed E-state index contributed by atoms with van der Waals surface area (Å²) >= 11 is 0. The van der Waals surface area contributed by atoms with Gasteiger partial charge < -0.3 is 5.32 Å². The van der Waals surface area contributed by atoms with Crippen molar-refractivity contribution >= 4 is 0 Å². The molecule has 108 valence electrons. The van der Waals surface area contributed by atoms with E-state index < -0.39 is 11.6 Å². The number of hydrogen-bond donors (Lipinski definition) is 1.